The fraction of sp³-hybridized carbons (Fsp3) is 0. The van der Waals surface area contributed by atoms with Gasteiger partial charge in [-0.2, -0.15) is 0 Å². The highest BCUT2D eigenvalue weighted by atomic mass is 16.3. The van der Waals surface area contributed by atoms with Gasteiger partial charge < -0.3 is 4.42 Å². The Kier molecular flexibility index (Phi) is 3.50. The topological polar surface area (TPSA) is 13.1 Å². The minimum atomic E-state index is -0.894. The molecule has 10 aromatic carbocycles. The smallest absolute Gasteiger partial charge is 0.143 e. The Labute approximate surface area is 336 Å². The van der Waals surface area contributed by atoms with Crippen LogP contribution in [0.15, 0.2) is 198 Å². The predicted octanol–water partition coefficient (Wildman–Crippen LogP) is 14.9. The molecule has 0 unspecified atom stereocenters. The number of para-hydroxylation sites is 1. The van der Waals surface area contributed by atoms with Crippen LogP contribution in [0.3, 0.4) is 0 Å². The van der Waals surface area contributed by atoms with Crippen LogP contribution in [0.2, 0.25) is 0 Å². The van der Waals surface area contributed by atoms with E-state index in [0.29, 0.717) is 21.9 Å². The third-order valence-corrected chi connectivity index (χ3v) is 9.50. The van der Waals surface area contributed by atoms with E-state index in [4.69, 9.17) is 20.9 Å². The highest BCUT2D eigenvalue weighted by molar-refractivity contribution is 6.24. The molecule has 0 aliphatic rings. The molecule has 0 atom stereocenters. The van der Waals surface area contributed by atoms with Crippen molar-refractivity contribution in [2.45, 2.75) is 0 Å². The minimum absolute atomic E-state index is 0.125. The molecule has 0 saturated carbocycles. The van der Waals surface area contributed by atoms with Crippen LogP contribution >= 0.6 is 0 Å². The molecule has 0 spiro atoms. The maximum absolute atomic E-state index is 9.96. The minimum Gasteiger partial charge on any atom is -0.455 e. The summed E-state index contributed by atoms with van der Waals surface area (Å²) in [7, 11) is 0. The Bertz CT molecular complexity index is 4350. The van der Waals surface area contributed by atoms with Crippen molar-refractivity contribution in [1.29, 1.82) is 0 Å². The van der Waals surface area contributed by atoms with E-state index in [1.54, 1.807) is 18.2 Å². The molecule has 0 saturated heterocycles. The van der Waals surface area contributed by atoms with Crippen LogP contribution in [0.5, 0.6) is 0 Å². The van der Waals surface area contributed by atoms with E-state index >= 15 is 0 Å². The normalized spacial score (nSPS) is 17.3. The van der Waals surface area contributed by atoms with Crippen LogP contribution in [0.1, 0.15) is 28.8 Å². The first-order chi connectivity index (χ1) is 35.0. The molecule has 1 heteroatoms. The van der Waals surface area contributed by atoms with Gasteiger partial charge in [0.2, 0.25) is 0 Å². The Balaban J connectivity index is 1.43. The average molecular weight is 694 g/mol. The van der Waals surface area contributed by atoms with Crippen molar-refractivity contribution < 1.29 is 33.2 Å². The highest BCUT2D eigenvalue weighted by Crippen LogP contribution is 2.48. The van der Waals surface area contributed by atoms with Crippen LogP contribution < -0.4 is 0 Å². The van der Waals surface area contributed by atoms with E-state index < -0.39 is 187 Å². The Hall–Kier alpha value is -6.96. The molecule has 11 aromatic rings. The van der Waals surface area contributed by atoms with E-state index in [1.165, 1.54) is 6.07 Å². The molecule has 0 N–H and O–H groups in total. The number of rotatable bonds is 4. The average Bonchev–Trinajstić information content (AvgIpc) is 3.78. The molecule has 246 valence electrons. The molecule has 0 aliphatic carbocycles. The van der Waals surface area contributed by atoms with Crippen LogP contribution in [-0.4, -0.2) is 0 Å². The highest BCUT2D eigenvalue weighted by Gasteiger charge is 2.21. The summed E-state index contributed by atoms with van der Waals surface area (Å²) >= 11 is 0. The fourth-order valence-electron chi connectivity index (χ4n) is 7.21. The third kappa shape index (κ3) is 4.64. The van der Waals surface area contributed by atoms with Crippen molar-refractivity contribution in [3.8, 4) is 44.5 Å². The van der Waals surface area contributed by atoms with E-state index in [2.05, 4.69) is 0 Å². The lowest BCUT2D eigenvalue weighted by Crippen LogP contribution is -1.94. The van der Waals surface area contributed by atoms with Crippen molar-refractivity contribution in [2.24, 2.45) is 0 Å². The van der Waals surface area contributed by atoms with Crippen molar-refractivity contribution in [1.82, 2.24) is 0 Å². The first-order valence-corrected chi connectivity index (χ1v) is 16.6. The lowest BCUT2D eigenvalue weighted by molar-refractivity contribution is 0.670. The molecule has 11 rings (SSSR count). The van der Waals surface area contributed by atoms with Gasteiger partial charge in [-0.3, -0.25) is 0 Å². The predicted molar refractivity (Wildman–Crippen MR) is 225 cm³/mol. The summed E-state index contributed by atoms with van der Waals surface area (Å²) in [4.78, 5) is 0. The van der Waals surface area contributed by atoms with Crippen molar-refractivity contribution >= 4 is 65.0 Å². The lowest BCUT2D eigenvalue weighted by atomic mass is 9.82. The molecule has 0 bridgehead atoms. The SMILES string of the molecule is [2H]c1c([2H])c([2H])c2c([2H])c(-c3c4c([2H])c([2H])c([2H])c([2H])c4c(-c4c([2H])c([2H])c5c([2H])c([2H])c([2H])c([2H])c5c4-c4ccc5oc6c(-c7ccccc7)cccc6c5c4)c4c([2H])c([2H])c([2H])c([2H])c34)c([2H])c([2H])c2c1[2H]. The monoisotopic (exact) mass is 693 g/mol. The van der Waals surface area contributed by atoms with Gasteiger partial charge in [0.1, 0.15) is 11.2 Å². The van der Waals surface area contributed by atoms with E-state index in [0.717, 1.165) is 11.1 Å². The van der Waals surface area contributed by atoms with E-state index in [-0.39, 0.29) is 16.5 Å². The van der Waals surface area contributed by atoms with Gasteiger partial charge in [-0.15, -0.1) is 0 Å². The number of furan rings is 1. The second kappa shape index (κ2) is 11.8. The Morgan fingerprint density at radius 3 is 1.75 bits per heavy atom. The zero-order chi connectivity index (χ0) is 53.2. The molecular weight excluding hydrogens is 641 g/mol. The first kappa shape index (κ1) is 15.7. The van der Waals surface area contributed by atoms with Gasteiger partial charge in [-0.05, 0) is 100 Å². The second-order valence-electron chi connectivity index (χ2n) is 12.4. The van der Waals surface area contributed by atoms with Crippen molar-refractivity contribution in [3.05, 3.63) is 194 Å². The van der Waals surface area contributed by atoms with Gasteiger partial charge in [0.25, 0.3) is 0 Å². The maximum Gasteiger partial charge on any atom is 0.143 e. The van der Waals surface area contributed by atoms with E-state index in [1.807, 2.05) is 42.5 Å². The lowest BCUT2D eigenvalue weighted by Gasteiger charge is -2.21. The molecule has 1 heterocycles. The molecule has 53 heavy (non-hydrogen) atoms. The molecule has 0 aliphatic heterocycles. The summed E-state index contributed by atoms with van der Waals surface area (Å²) in [5, 5.41) is -3.04. The number of benzene rings is 10. The number of hydrogen-bond acceptors (Lipinski definition) is 1. The van der Waals surface area contributed by atoms with Crippen LogP contribution in [0.4, 0.5) is 0 Å². The molecule has 0 amide bonds. The standard InChI is InChI=1S/C52H32O/c1-2-14-34(15-3-1)40-23-12-24-45-47-32-38(28-30-48(47)53-52(40)45)49-39-18-7-6-16-35(39)27-29-46(49)51-43-21-10-8-19-41(43)50(42-20-9-11-22-44(42)51)37-26-25-33-13-4-5-17-36(33)31-37/h1-32H/i4D,5D,6D,7D,8D,9D,10D,11D,13D,16D,17D,18D,19D,20D,21D,22D,25D,26D,27D,29D,31D. The van der Waals surface area contributed by atoms with Crippen molar-refractivity contribution in [3.63, 3.8) is 0 Å². The summed E-state index contributed by atoms with van der Waals surface area (Å²) in [6.07, 6.45) is 0. The molecule has 1 aromatic heterocycles. The summed E-state index contributed by atoms with van der Waals surface area (Å²) in [6.45, 7) is 0. The molecular formula is C52H32O. The van der Waals surface area contributed by atoms with Gasteiger partial charge in [0, 0.05) is 16.3 Å². The Morgan fingerprint density at radius 1 is 0.358 bits per heavy atom. The fourth-order valence-corrected chi connectivity index (χ4v) is 7.21. The van der Waals surface area contributed by atoms with Gasteiger partial charge in [0.05, 0.1) is 28.8 Å². The van der Waals surface area contributed by atoms with Crippen LogP contribution in [0.25, 0.3) is 110 Å². The molecule has 1 nitrogen and oxygen atoms in total. The van der Waals surface area contributed by atoms with Gasteiger partial charge >= 0.3 is 0 Å². The molecule has 0 radical (unpaired) electrons. The van der Waals surface area contributed by atoms with Crippen molar-refractivity contribution in [2.75, 3.05) is 0 Å². The van der Waals surface area contributed by atoms with Gasteiger partial charge in [-0.25, -0.2) is 0 Å². The summed E-state index contributed by atoms with van der Waals surface area (Å²) in [5.74, 6) is 0. The quantitative estimate of drug-likeness (QED) is 0.167. The van der Waals surface area contributed by atoms with E-state index in [9.17, 15) is 12.3 Å². The summed E-state index contributed by atoms with van der Waals surface area (Å²) in [5.41, 5.74) is 0.130. The number of hydrogen-bond donors (Lipinski definition) is 0. The van der Waals surface area contributed by atoms with Gasteiger partial charge in [0.15, 0.2) is 0 Å². The first-order valence-electron chi connectivity index (χ1n) is 27.1. The Morgan fingerprint density at radius 2 is 1.00 bits per heavy atom. The van der Waals surface area contributed by atoms with Gasteiger partial charge in [-0.1, -0.05) is 175 Å². The zero-order valence-corrected chi connectivity index (χ0v) is 27.3. The maximum atomic E-state index is 9.96. The second-order valence-corrected chi connectivity index (χ2v) is 12.4. The van der Waals surface area contributed by atoms with Crippen LogP contribution in [0, 0.1) is 0 Å². The summed E-state index contributed by atoms with van der Waals surface area (Å²) < 4.78 is 199. The molecule has 0 fully saturated rings. The summed E-state index contributed by atoms with van der Waals surface area (Å²) in [6, 6.07) is 2.57. The number of fused-ring (bicyclic) bond motifs is 7. The van der Waals surface area contributed by atoms with Crippen LogP contribution in [-0.2, 0) is 0 Å². The third-order valence-electron chi connectivity index (χ3n) is 9.50. The largest absolute Gasteiger partial charge is 0.455 e. The zero-order valence-electron chi connectivity index (χ0n) is 48.3.